The molecule has 0 aliphatic carbocycles. The van der Waals surface area contributed by atoms with E-state index in [0.717, 1.165) is 33.3 Å². The van der Waals surface area contributed by atoms with Gasteiger partial charge in [-0.1, -0.05) is 35.9 Å². The molecule has 3 heterocycles. The van der Waals surface area contributed by atoms with Gasteiger partial charge in [0.1, 0.15) is 11.4 Å². The van der Waals surface area contributed by atoms with Crippen molar-refractivity contribution in [1.82, 2.24) is 9.97 Å². The van der Waals surface area contributed by atoms with Crippen molar-refractivity contribution in [3.05, 3.63) is 90.4 Å². The number of fused-ring (bicyclic) bond motifs is 5. The van der Waals surface area contributed by atoms with Crippen LogP contribution in [-0.4, -0.2) is 21.0 Å². The van der Waals surface area contributed by atoms with Crippen LogP contribution in [0.2, 0.25) is 0 Å². The van der Waals surface area contributed by atoms with Gasteiger partial charge in [0.25, 0.3) is 0 Å². The fourth-order valence-electron chi connectivity index (χ4n) is 2.91. The Balaban J connectivity index is 0.000000193. The van der Waals surface area contributed by atoms with E-state index >= 15 is 0 Å². The third-order valence-electron chi connectivity index (χ3n) is 4.19. The van der Waals surface area contributed by atoms with Crippen LogP contribution in [0.15, 0.2) is 73.1 Å². The van der Waals surface area contributed by atoms with Gasteiger partial charge in [-0.3, -0.25) is 0 Å². The van der Waals surface area contributed by atoms with Crippen LogP contribution in [0.4, 0.5) is 0 Å². The summed E-state index contributed by atoms with van der Waals surface area (Å²) < 4.78 is 5.88. The van der Waals surface area contributed by atoms with Crippen LogP contribution in [0.5, 0.6) is 5.75 Å². The number of nitrogens with zero attached hydrogens (tertiary/aromatic N) is 2. The zero-order valence-corrected chi connectivity index (χ0v) is 17.0. The van der Waals surface area contributed by atoms with Crippen LogP contribution < -0.4 is 4.74 Å². The maximum Gasteiger partial charge on any atom is 0.354 e. The van der Waals surface area contributed by atoms with Crippen LogP contribution in [0.3, 0.4) is 0 Å². The van der Waals surface area contributed by atoms with E-state index < -0.39 is 5.97 Å². The number of aromatic carboxylic acids is 1. The number of ether oxygens (including phenoxy) is 1. The third kappa shape index (κ3) is 3.93. The van der Waals surface area contributed by atoms with Crippen molar-refractivity contribution in [2.45, 2.75) is 6.61 Å². The molecule has 28 heavy (non-hydrogen) atoms. The molecule has 1 radical (unpaired) electrons. The van der Waals surface area contributed by atoms with Crippen molar-refractivity contribution < 1.29 is 34.7 Å². The van der Waals surface area contributed by atoms with Gasteiger partial charge in [-0.15, -0.1) is 29.8 Å². The molecule has 2 aromatic carbocycles. The normalized spacial score (nSPS) is 11.0. The molecule has 5 nitrogen and oxygen atoms in total. The van der Waals surface area contributed by atoms with Gasteiger partial charge in [0, 0.05) is 49.0 Å². The molecule has 6 heteroatoms. The van der Waals surface area contributed by atoms with Crippen LogP contribution in [0.1, 0.15) is 16.1 Å². The number of aromatic nitrogens is 2. The number of carboxylic acid groups (broad SMARTS) is 1. The Bertz CT molecular complexity index is 1120. The molecule has 2 aromatic heterocycles. The molecule has 1 aliphatic rings. The largest absolute Gasteiger partial charge is 0.505 e. The van der Waals surface area contributed by atoms with Gasteiger partial charge in [-0.25, -0.2) is 9.78 Å². The van der Waals surface area contributed by atoms with Crippen molar-refractivity contribution in [3.63, 3.8) is 0 Å². The van der Waals surface area contributed by atoms with E-state index in [1.165, 1.54) is 12.3 Å². The standard InChI is InChI=1S/C16H10NO.C6H5NO2.Ir/c1-4-8-14-11(5-1)9-17-15-13-7-3-2-6-12(13)10-18-16(14)15;8-6(9)5-3-1-2-4-7-5;/h1-6,8-9H,10H2;1-4H,(H,8,9);/q-1;;. The van der Waals surface area contributed by atoms with Crippen LogP contribution in [0.25, 0.3) is 22.0 Å². The Hall–Kier alpha value is -3.08. The fourth-order valence-corrected chi connectivity index (χ4v) is 2.91. The van der Waals surface area contributed by atoms with Gasteiger partial charge >= 0.3 is 5.97 Å². The van der Waals surface area contributed by atoms with Gasteiger partial charge in [0.05, 0.1) is 6.61 Å². The number of carbonyl (C=O) groups is 1. The first-order chi connectivity index (χ1) is 13.2. The maximum atomic E-state index is 10.1. The van der Waals surface area contributed by atoms with E-state index in [1.54, 1.807) is 12.1 Å². The first kappa shape index (κ1) is 19.7. The van der Waals surface area contributed by atoms with E-state index in [4.69, 9.17) is 9.84 Å². The minimum Gasteiger partial charge on any atom is -0.505 e. The summed E-state index contributed by atoms with van der Waals surface area (Å²) in [5.41, 5.74) is 3.19. The van der Waals surface area contributed by atoms with E-state index in [9.17, 15) is 4.79 Å². The Kier molecular flexibility index (Phi) is 6.14. The molecule has 0 saturated heterocycles. The van der Waals surface area contributed by atoms with Crippen molar-refractivity contribution in [2.24, 2.45) is 0 Å². The summed E-state index contributed by atoms with van der Waals surface area (Å²) in [6.07, 6.45) is 3.34. The molecule has 0 amide bonds. The zero-order valence-electron chi connectivity index (χ0n) is 14.6. The summed E-state index contributed by atoms with van der Waals surface area (Å²) in [6, 6.07) is 22.1. The molecular weight excluding hydrogens is 532 g/mol. The molecule has 0 saturated carbocycles. The van der Waals surface area contributed by atoms with Gasteiger partial charge in [-0.2, -0.15) is 0 Å². The molecule has 5 rings (SSSR count). The SMILES string of the molecule is O=C(O)c1ccccn1.[Ir].[c-]1cccc2c1-c1ncc3ccccc3c1OC2. The summed E-state index contributed by atoms with van der Waals surface area (Å²) in [7, 11) is 0. The molecule has 0 fully saturated rings. The summed E-state index contributed by atoms with van der Waals surface area (Å²) >= 11 is 0. The van der Waals surface area contributed by atoms with Gasteiger partial charge in [0.2, 0.25) is 0 Å². The van der Waals surface area contributed by atoms with E-state index in [2.05, 4.69) is 34.2 Å². The average Bonchev–Trinajstić information content (AvgIpc) is 2.74. The van der Waals surface area contributed by atoms with Crippen molar-refractivity contribution in [3.8, 4) is 17.0 Å². The smallest absolute Gasteiger partial charge is 0.354 e. The Morgan fingerprint density at radius 2 is 1.86 bits per heavy atom. The summed E-state index contributed by atoms with van der Waals surface area (Å²) in [5, 5.41) is 10.5. The van der Waals surface area contributed by atoms with Crippen LogP contribution >= 0.6 is 0 Å². The number of hydrogen-bond donors (Lipinski definition) is 1. The minimum atomic E-state index is -0.990. The number of rotatable bonds is 1. The number of benzene rings is 2. The van der Waals surface area contributed by atoms with Crippen molar-refractivity contribution in [2.75, 3.05) is 0 Å². The topological polar surface area (TPSA) is 72.3 Å². The monoisotopic (exact) mass is 548 g/mol. The third-order valence-corrected chi connectivity index (χ3v) is 4.19. The maximum absolute atomic E-state index is 10.1. The molecular formula is C22H15IrN2O3-. The van der Waals surface area contributed by atoms with Gasteiger partial charge in [-0.05, 0) is 12.1 Å². The van der Waals surface area contributed by atoms with Gasteiger partial charge < -0.3 is 14.8 Å². The van der Waals surface area contributed by atoms with Crippen LogP contribution in [0, 0.1) is 6.07 Å². The number of pyridine rings is 2. The quantitative estimate of drug-likeness (QED) is 0.359. The molecule has 0 atom stereocenters. The molecule has 0 bridgehead atoms. The molecule has 0 spiro atoms. The zero-order chi connectivity index (χ0) is 18.6. The molecule has 1 aliphatic heterocycles. The molecule has 141 valence electrons. The summed E-state index contributed by atoms with van der Waals surface area (Å²) in [4.78, 5) is 18.2. The molecule has 4 aromatic rings. The Morgan fingerprint density at radius 1 is 1.04 bits per heavy atom. The molecule has 1 N–H and O–H groups in total. The minimum absolute atomic E-state index is 0. The van der Waals surface area contributed by atoms with E-state index in [-0.39, 0.29) is 25.8 Å². The predicted octanol–water partition coefficient (Wildman–Crippen LogP) is 4.37. The second kappa shape index (κ2) is 8.74. The number of hydrogen-bond acceptors (Lipinski definition) is 4. The average molecular weight is 548 g/mol. The second-order valence-electron chi connectivity index (χ2n) is 5.90. The van der Waals surface area contributed by atoms with Gasteiger partial charge in [0.15, 0.2) is 0 Å². The summed E-state index contributed by atoms with van der Waals surface area (Å²) in [6.45, 7) is 0.593. The van der Waals surface area contributed by atoms with Crippen LogP contribution in [-0.2, 0) is 26.7 Å². The first-order valence-corrected chi connectivity index (χ1v) is 8.39. The van der Waals surface area contributed by atoms with Crippen molar-refractivity contribution >= 4 is 16.7 Å². The fraction of sp³-hybridized carbons (Fsp3) is 0.0455. The number of carboxylic acids is 1. The summed E-state index contributed by atoms with van der Waals surface area (Å²) in [5.74, 6) is -0.112. The Labute approximate surface area is 175 Å². The predicted molar refractivity (Wildman–Crippen MR) is 102 cm³/mol. The first-order valence-electron chi connectivity index (χ1n) is 8.39. The van der Waals surface area contributed by atoms with Crippen molar-refractivity contribution in [1.29, 1.82) is 0 Å². The van der Waals surface area contributed by atoms with E-state index in [1.807, 2.05) is 30.5 Å². The Morgan fingerprint density at radius 3 is 2.61 bits per heavy atom. The van der Waals surface area contributed by atoms with E-state index in [0.29, 0.717) is 6.61 Å². The molecule has 0 unspecified atom stereocenters. The second-order valence-corrected chi connectivity index (χ2v) is 5.90.